The molecule has 0 aromatic carbocycles. The first-order valence-corrected chi connectivity index (χ1v) is 7.58. The van der Waals surface area contributed by atoms with Gasteiger partial charge in [0.05, 0.1) is 6.20 Å². The van der Waals surface area contributed by atoms with Gasteiger partial charge in [0, 0.05) is 24.1 Å². The Balaban J connectivity index is 2.03. The number of nitrogens with one attached hydrogen (secondary N) is 1. The van der Waals surface area contributed by atoms with Crippen LogP contribution >= 0.6 is 0 Å². The molecule has 2 N–H and O–H groups in total. The molecule has 1 aliphatic carbocycles. The summed E-state index contributed by atoms with van der Waals surface area (Å²) >= 11 is 0. The fraction of sp³-hybridized carbons (Fsp3) is 0.636. The fourth-order valence-electron chi connectivity index (χ4n) is 2.13. The minimum atomic E-state index is -3.99. The lowest BCUT2D eigenvalue weighted by atomic mass is 10.1. The monoisotopic (exact) mass is 323 g/mol. The average Bonchev–Trinajstić information content (AvgIpc) is 2.69. The van der Waals surface area contributed by atoms with Gasteiger partial charge in [0.2, 0.25) is 10.0 Å². The summed E-state index contributed by atoms with van der Waals surface area (Å²) in [6.07, 6.45) is 2.01. The van der Waals surface area contributed by atoms with Crippen molar-refractivity contribution in [2.75, 3.05) is 6.54 Å². The smallest absolute Gasteiger partial charge is 0.325 e. The Labute approximate surface area is 120 Å². The summed E-state index contributed by atoms with van der Waals surface area (Å²) in [6, 6.07) is 0. The summed E-state index contributed by atoms with van der Waals surface area (Å²) in [5, 5.41) is 12.2. The highest BCUT2D eigenvalue weighted by Gasteiger charge is 2.74. The van der Waals surface area contributed by atoms with Crippen molar-refractivity contribution in [3.63, 3.8) is 0 Å². The van der Waals surface area contributed by atoms with E-state index in [1.807, 2.05) is 0 Å². The number of nitrogens with zero attached hydrogens (tertiary/aromatic N) is 2. The zero-order valence-electron chi connectivity index (χ0n) is 11.4. The molecule has 0 spiro atoms. The molecule has 0 radical (unpaired) electrons. The Morgan fingerprint density at radius 2 is 2.10 bits per heavy atom. The SMILES string of the molecule is CC1(C)C(CNS(=O)(=O)c2cnn(CC(=O)O)c2)C1(F)F. The van der Waals surface area contributed by atoms with Gasteiger partial charge >= 0.3 is 5.97 Å². The first-order chi connectivity index (χ1) is 9.48. The van der Waals surface area contributed by atoms with Gasteiger partial charge in [-0.1, -0.05) is 13.8 Å². The summed E-state index contributed by atoms with van der Waals surface area (Å²) in [4.78, 5) is 10.2. The summed E-state index contributed by atoms with van der Waals surface area (Å²) in [7, 11) is -3.99. The third-order valence-corrected chi connectivity index (χ3v) is 5.16. The van der Waals surface area contributed by atoms with Gasteiger partial charge in [0.25, 0.3) is 5.92 Å². The summed E-state index contributed by atoms with van der Waals surface area (Å²) in [5.41, 5.74) is -1.23. The molecule has 1 atom stereocenters. The zero-order chi connectivity index (χ0) is 16.1. The number of carboxylic acids is 1. The van der Waals surface area contributed by atoms with Crippen molar-refractivity contribution in [1.29, 1.82) is 0 Å². The lowest BCUT2D eigenvalue weighted by Gasteiger charge is -2.04. The minimum Gasteiger partial charge on any atom is -0.480 e. The van der Waals surface area contributed by atoms with Gasteiger partial charge in [0.15, 0.2) is 0 Å². The normalized spacial score (nSPS) is 23.0. The Bertz CT molecular complexity index is 655. The molecule has 2 rings (SSSR count). The van der Waals surface area contributed by atoms with Gasteiger partial charge in [-0.3, -0.25) is 9.48 Å². The van der Waals surface area contributed by atoms with Crippen LogP contribution < -0.4 is 4.72 Å². The van der Waals surface area contributed by atoms with Crippen LogP contribution in [0.2, 0.25) is 0 Å². The number of sulfonamides is 1. The molecule has 0 bridgehead atoms. The van der Waals surface area contributed by atoms with Gasteiger partial charge in [-0.15, -0.1) is 0 Å². The van der Waals surface area contributed by atoms with Crippen molar-refractivity contribution in [1.82, 2.24) is 14.5 Å². The third-order valence-electron chi connectivity index (χ3n) is 3.78. The molecular weight excluding hydrogens is 308 g/mol. The number of aromatic nitrogens is 2. The van der Waals surface area contributed by atoms with Crippen molar-refractivity contribution in [2.45, 2.75) is 31.2 Å². The number of carbonyl (C=O) groups is 1. The molecule has 10 heteroatoms. The number of carboxylic acid groups (broad SMARTS) is 1. The number of hydrogen-bond donors (Lipinski definition) is 2. The molecule has 1 saturated carbocycles. The maximum absolute atomic E-state index is 13.4. The fourth-order valence-corrected chi connectivity index (χ4v) is 3.12. The van der Waals surface area contributed by atoms with E-state index >= 15 is 0 Å². The van der Waals surface area contributed by atoms with Crippen LogP contribution in [-0.4, -0.2) is 41.7 Å². The zero-order valence-corrected chi connectivity index (χ0v) is 12.2. The van der Waals surface area contributed by atoms with Crippen LogP contribution in [0.5, 0.6) is 0 Å². The van der Waals surface area contributed by atoms with Crippen LogP contribution in [0, 0.1) is 11.3 Å². The first kappa shape index (κ1) is 15.8. The van der Waals surface area contributed by atoms with Crippen LogP contribution in [0.3, 0.4) is 0 Å². The number of aliphatic carboxylic acids is 1. The summed E-state index contributed by atoms with van der Waals surface area (Å²) in [5.74, 6) is -5.13. The highest BCUT2D eigenvalue weighted by atomic mass is 32.2. The van der Waals surface area contributed by atoms with Crippen molar-refractivity contribution < 1.29 is 27.1 Å². The minimum absolute atomic E-state index is 0.259. The Kier molecular flexibility index (Phi) is 3.57. The largest absolute Gasteiger partial charge is 0.480 e. The standard InChI is InChI=1S/C11H15F2N3O4S/c1-10(2)8(11(10,12)13)4-15-21(19,20)7-3-14-16(5-7)6-9(17)18/h3,5,8,15H,4,6H2,1-2H3,(H,17,18). The third kappa shape index (κ3) is 2.77. The second-order valence-electron chi connectivity index (χ2n) is 5.52. The topological polar surface area (TPSA) is 101 Å². The number of alkyl halides is 2. The average molecular weight is 323 g/mol. The van der Waals surface area contributed by atoms with E-state index < -0.39 is 39.8 Å². The van der Waals surface area contributed by atoms with E-state index in [1.165, 1.54) is 13.8 Å². The molecule has 1 fully saturated rings. The molecule has 1 aromatic rings. The molecule has 7 nitrogen and oxygen atoms in total. The summed E-state index contributed by atoms with van der Waals surface area (Å²) in [6.45, 7) is 1.88. The lowest BCUT2D eigenvalue weighted by molar-refractivity contribution is -0.137. The number of rotatable bonds is 6. The molecule has 118 valence electrons. The lowest BCUT2D eigenvalue weighted by Crippen LogP contribution is -2.27. The van der Waals surface area contributed by atoms with Gasteiger partial charge in [0.1, 0.15) is 11.4 Å². The molecule has 21 heavy (non-hydrogen) atoms. The molecule has 0 aliphatic heterocycles. The maximum Gasteiger partial charge on any atom is 0.325 e. The van der Waals surface area contributed by atoms with Gasteiger partial charge in [-0.2, -0.15) is 5.10 Å². The predicted molar refractivity (Wildman–Crippen MR) is 67.3 cm³/mol. The van der Waals surface area contributed by atoms with E-state index in [4.69, 9.17) is 5.11 Å². The molecule has 1 heterocycles. The second kappa shape index (κ2) is 4.73. The van der Waals surface area contributed by atoms with E-state index in [1.54, 1.807) is 0 Å². The quantitative estimate of drug-likeness (QED) is 0.795. The van der Waals surface area contributed by atoms with Crippen LogP contribution in [0.25, 0.3) is 0 Å². The Hall–Kier alpha value is -1.55. The van der Waals surface area contributed by atoms with Crippen molar-refractivity contribution in [2.24, 2.45) is 11.3 Å². The summed E-state index contributed by atoms with van der Waals surface area (Å²) < 4.78 is 53.7. The molecule has 1 unspecified atom stereocenters. The molecule has 0 amide bonds. The van der Waals surface area contributed by atoms with E-state index in [0.29, 0.717) is 0 Å². The Morgan fingerprint density at radius 1 is 1.52 bits per heavy atom. The van der Waals surface area contributed by atoms with Crippen LogP contribution in [0.1, 0.15) is 13.8 Å². The highest BCUT2D eigenvalue weighted by Crippen LogP contribution is 2.65. The molecule has 1 aromatic heterocycles. The van der Waals surface area contributed by atoms with Crippen molar-refractivity contribution in [3.05, 3.63) is 12.4 Å². The second-order valence-corrected chi connectivity index (χ2v) is 7.28. The number of halogens is 2. The van der Waals surface area contributed by atoms with Gasteiger partial charge in [-0.25, -0.2) is 21.9 Å². The first-order valence-electron chi connectivity index (χ1n) is 6.10. The van der Waals surface area contributed by atoms with E-state index in [9.17, 15) is 22.0 Å². The van der Waals surface area contributed by atoms with Crippen LogP contribution in [0.15, 0.2) is 17.3 Å². The highest BCUT2D eigenvalue weighted by molar-refractivity contribution is 7.89. The number of hydrogen-bond acceptors (Lipinski definition) is 4. The molecule has 1 aliphatic rings. The van der Waals surface area contributed by atoms with Crippen molar-refractivity contribution >= 4 is 16.0 Å². The molecule has 0 saturated heterocycles. The maximum atomic E-state index is 13.4. The van der Waals surface area contributed by atoms with E-state index in [-0.39, 0.29) is 11.4 Å². The van der Waals surface area contributed by atoms with Crippen LogP contribution in [-0.2, 0) is 21.4 Å². The van der Waals surface area contributed by atoms with Crippen molar-refractivity contribution in [3.8, 4) is 0 Å². The van der Waals surface area contributed by atoms with Crippen LogP contribution in [0.4, 0.5) is 8.78 Å². The Morgan fingerprint density at radius 3 is 2.57 bits per heavy atom. The van der Waals surface area contributed by atoms with E-state index in [0.717, 1.165) is 17.1 Å². The van der Waals surface area contributed by atoms with E-state index in [2.05, 4.69) is 9.82 Å². The molecular formula is C11H15F2N3O4S. The predicted octanol–water partition coefficient (Wildman–Crippen LogP) is 0.537. The van der Waals surface area contributed by atoms with Gasteiger partial charge < -0.3 is 5.11 Å². The van der Waals surface area contributed by atoms with Gasteiger partial charge in [-0.05, 0) is 0 Å².